The third-order valence-electron chi connectivity index (χ3n) is 6.15. The van der Waals surface area contributed by atoms with Crippen LogP contribution in [-0.2, 0) is 21.5 Å². The van der Waals surface area contributed by atoms with E-state index >= 15 is 0 Å². The van der Waals surface area contributed by atoms with E-state index in [1.807, 2.05) is 29.2 Å². The number of carbonyl (C=O) groups excluding carboxylic acids is 3. The third-order valence-corrected chi connectivity index (χ3v) is 6.15. The van der Waals surface area contributed by atoms with E-state index in [1.54, 1.807) is 0 Å². The van der Waals surface area contributed by atoms with Crippen LogP contribution in [0, 0.1) is 0 Å². The van der Waals surface area contributed by atoms with Crippen LogP contribution in [0.1, 0.15) is 56.1 Å². The summed E-state index contributed by atoms with van der Waals surface area (Å²) in [5.41, 5.74) is 0.993. The maximum atomic E-state index is 13.3. The molecule has 1 aromatic rings. The normalized spacial score (nSPS) is 25.8. The molecule has 1 atom stereocenters. The fraction of sp³-hybridized carbons (Fsp3) is 0.571. The first-order valence-corrected chi connectivity index (χ1v) is 10.1. The third kappa shape index (κ3) is 3.22. The first kappa shape index (κ1) is 18.0. The predicted octanol–water partition coefficient (Wildman–Crippen LogP) is 2.56. The Kier molecular flexibility index (Phi) is 4.89. The Morgan fingerprint density at radius 3 is 2.48 bits per heavy atom. The van der Waals surface area contributed by atoms with Crippen molar-refractivity contribution in [3.05, 3.63) is 35.4 Å². The van der Waals surface area contributed by atoms with E-state index < -0.39 is 11.6 Å². The fourth-order valence-corrected chi connectivity index (χ4v) is 4.69. The standard InChI is InChI=1S/C21H27N3O3/c25-18(23-13-6-2-1-3-7-14-23)15-24-19(26)21(22-20(24)27)12-8-10-16-9-4-5-11-17(16)21/h4-5,9,11H,1-3,6-8,10,12-15H2,(H,22,27)/t21-/m0/s1. The van der Waals surface area contributed by atoms with Crippen LogP contribution in [0.5, 0.6) is 0 Å². The van der Waals surface area contributed by atoms with Gasteiger partial charge in [-0.05, 0) is 43.2 Å². The number of benzene rings is 1. The lowest BCUT2D eigenvalue weighted by atomic mass is 9.76. The molecule has 1 aromatic carbocycles. The zero-order valence-corrected chi connectivity index (χ0v) is 15.7. The molecule has 1 N–H and O–H groups in total. The van der Waals surface area contributed by atoms with Gasteiger partial charge in [-0.15, -0.1) is 0 Å². The molecule has 0 aromatic heterocycles. The van der Waals surface area contributed by atoms with Gasteiger partial charge in [0, 0.05) is 13.1 Å². The average Bonchev–Trinajstić information content (AvgIpc) is 2.87. The second kappa shape index (κ2) is 7.33. The van der Waals surface area contributed by atoms with E-state index in [1.165, 1.54) is 6.42 Å². The second-order valence-electron chi connectivity index (χ2n) is 7.89. The topological polar surface area (TPSA) is 69.7 Å². The summed E-state index contributed by atoms with van der Waals surface area (Å²) in [6.45, 7) is 1.28. The van der Waals surface area contributed by atoms with Crippen molar-refractivity contribution in [3.8, 4) is 0 Å². The highest BCUT2D eigenvalue weighted by Crippen LogP contribution is 2.39. The van der Waals surface area contributed by atoms with E-state index in [2.05, 4.69) is 5.32 Å². The van der Waals surface area contributed by atoms with Crippen molar-refractivity contribution in [1.82, 2.24) is 15.1 Å². The Balaban J connectivity index is 1.53. The largest absolute Gasteiger partial charge is 0.341 e. The number of hydrogen-bond acceptors (Lipinski definition) is 3. The van der Waals surface area contributed by atoms with Gasteiger partial charge in [0.05, 0.1) is 0 Å². The van der Waals surface area contributed by atoms with Gasteiger partial charge in [0.15, 0.2) is 0 Å². The summed E-state index contributed by atoms with van der Waals surface area (Å²) in [6.07, 6.45) is 7.80. The second-order valence-corrected chi connectivity index (χ2v) is 7.89. The molecule has 1 spiro atoms. The van der Waals surface area contributed by atoms with Crippen LogP contribution in [0.2, 0.25) is 0 Å². The number of rotatable bonds is 2. The van der Waals surface area contributed by atoms with Crippen molar-refractivity contribution in [2.75, 3.05) is 19.6 Å². The lowest BCUT2D eigenvalue weighted by Crippen LogP contribution is -2.47. The van der Waals surface area contributed by atoms with Crippen LogP contribution in [0.4, 0.5) is 4.79 Å². The Morgan fingerprint density at radius 1 is 1.00 bits per heavy atom. The quantitative estimate of drug-likeness (QED) is 0.815. The summed E-state index contributed by atoms with van der Waals surface area (Å²) < 4.78 is 0. The molecule has 6 heteroatoms. The molecule has 0 saturated carbocycles. The van der Waals surface area contributed by atoms with E-state index in [0.29, 0.717) is 6.42 Å². The average molecular weight is 369 g/mol. The van der Waals surface area contributed by atoms with Crippen LogP contribution in [-0.4, -0.2) is 47.3 Å². The first-order valence-electron chi connectivity index (χ1n) is 10.1. The van der Waals surface area contributed by atoms with Gasteiger partial charge in [0.25, 0.3) is 5.91 Å². The van der Waals surface area contributed by atoms with Gasteiger partial charge < -0.3 is 10.2 Å². The Hall–Kier alpha value is -2.37. The number of amides is 4. The molecule has 0 radical (unpaired) electrons. The van der Waals surface area contributed by atoms with E-state index in [0.717, 1.165) is 67.6 Å². The van der Waals surface area contributed by atoms with Crippen LogP contribution in [0.15, 0.2) is 24.3 Å². The minimum absolute atomic E-state index is 0.124. The number of aryl methyl sites for hydroxylation is 1. The Morgan fingerprint density at radius 2 is 1.70 bits per heavy atom. The van der Waals surface area contributed by atoms with E-state index in [4.69, 9.17) is 0 Å². The molecule has 1 aliphatic carbocycles. The van der Waals surface area contributed by atoms with Crippen molar-refractivity contribution in [2.24, 2.45) is 0 Å². The molecular formula is C21H27N3O3. The monoisotopic (exact) mass is 369 g/mol. The lowest BCUT2D eigenvalue weighted by molar-refractivity contribution is -0.139. The van der Waals surface area contributed by atoms with Gasteiger partial charge in [0.1, 0.15) is 12.1 Å². The van der Waals surface area contributed by atoms with Crippen molar-refractivity contribution in [3.63, 3.8) is 0 Å². The van der Waals surface area contributed by atoms with Gasteiger partial charge >= 0.3 is 6.03 Å². The van der Waals surface area contributed by atoms with Gasteiger partial charge in [0.2, 0.25) is 5.91 Å². The molecule has 2 heterocycles. The molecule has 4 amide bonds. The van der Waals surface area contributed by atoms with Crippen LogP contribution < -0.4 is 5.32 Å². The minimum Gasteiger partial charge on any atom is -0.341 e. The van der Waals surface area contributed by atoms with Crippen molar-refractivity contribution in [2.45, 2.75) is 56.9 Å². The molecule has 144 valence electrons. The van der Waals surface area contributed by atoms with Crippen LogP contribution in [0.25, 0.3) is 0 Å². The number of nitrogens with zero attached hydrogens (tertiary/aromatic N) is 2. The molecule has 0 unspecified atom stereocenters. The number of nitrogens with one attached hydrogen (secondary N) is 1. The first-order chi connectivity index (χ1) is 13.1. The molecule has 4 rings (SSSR count). The molecule has 2 fully saturated rings. The molecule has 6 nitrogen and oxygen atoms in total. The zero-order chi connectivity index (χ0) is 18.9. The van der Waals surface area contributed by atoms with Gasteiger partial charge in [-0.1, -0.05) is 43.5 Å². The number of likely N-dealkylation sites (tertiary alicyclic amines) is 1. The maximum Gasteiger partial charge on any atom is 0.325 e. The van der Waals surface area contributed by atoms with Crippen LogP contribution in [0.3, 0.4) is 0 Å². The molecule has 0 bridgehead atoms. The zero-order valence-electron chi connectivity index (χ0n) is 15.7. The molecule has 2 aliphatic heterocycles. The number of urea groups is 1. The highest BCUT2D eigenvalue weighted by atomic mass is 16.2. The molecule has 2 saturated heterocycles. The van der Waals surface area contributed by atoms with Crippen molar-refractivity contribution in [1.29, 1.82) is 0 Å². The molecule has 3 aliphatic rings. The van der Waals surface area contributed by atoms with Crippen molar-refractivity contribution < 1.29 is 14.4 Å². The summed E-state index contributed by atoms with van der Waals surface area (Å²) in [5.74, 6) is -0.401. The van der Waals surface area contributed by atoms with E-state index in [-0.39, 0.29) is 18.4 Å². The predicted molar refractivity (Wildman–Crippen MR) is 101 cm³/mol. The number of imide groups is 1. The Labute approximate surface area is 159 Å². The number of carbonyl (C=O) groups is 3. The fourth-order valence-electron chi connectivity index (χ4n) is 4.69. The van der Waals surface area contributed by atoms with Gasteiger partial charge in [-0.25, -0.2) is 4.79 Å². The summed E-state index contributed by atoms with van der Waals surface area (Å²) in [5, 5.41) is 2.92. The molecular weight excluding hydrogens is 342 g/mol. The maximum absolute atomic E-state index is 13.3. The summed E-state index contributed by atoms with van der Waals surface area (Å²) in [6, 6.07) is 7.36. The van der Waals surface area contributed by atoms with Gasteiger partial charge in [-0.3, -0.25) is 14.5 Å². The van der Waals surface area contributed by atoms with E-state index in [9.17, 15) is 14.4 Å². The van der Waals surface area contributed by atoms with Gasteiger partial charge in [-0.2, -0.15) is 0 Å². The summed E-state index contributed by atoms with van der Waals surface area (Å²) in [7, 11) is 0. The summed E-state index contributed by atoms with van der Waals surface area (Å²) >= 11 is 0. The summed E-state index contributed by atoms with van der Waals surface area (Å²) in [4.78, 5) is 41.6. The Bertz CT molecular complexity index is 755. The highest BCUT2D eigenvalue weighted by molar-refractivity contribution is 6.09. The van der Waals surface area contributed by atoms with Crippen LogP contribution >= 0.6 is 0 Å². The smallest absolute Gasteiger partial charge is 0.325 e. The van der Waals surface area contributed by atoms with Crippen molar-refractivity contribution >= 4 is 17.8 Å². The lowest BCUT2D eigenvalue weighted by Gasteiger charge is -2.33. The SMILES string of the molecule is O=C(CN1C(=O)N[C@]2(CCCc3ccccc32)C1=O)N1CCCCCCC1. The number of fused-ring (bicyclic) bond motifs is 2. The highest BCUT2D eigenvalue weighted by Gasteiger charge is 2.54. The minimum atomic E-state index is -0.998. The molecule has 27 heavy (non-hydrogen) atoms. The number of hydrogen-bond donors (Lipinski definition) is 1.